The van der Waals surface area contributed by atoms with Gasteiger partial charge >= 0.3 is 0 Å². The third-order valence-corrected chi connectivity index (χ3v) is 2.03. The molecule has 0 aromatic heterocycles. The fourth-order valence-electron chi connectivity index (χ4n) is 0.744. The summed E-state index contributed by atoms with van der Waals surface area (Å²) >= 11 is 2.22. The molecule has 62 valence electrons. The lowest BCUT2D eigenvalue weighted by Crippen LogP contribution is -2.07. The summed E-state index contributed by atoms with van der Waals surface area (Å²) in [5, 5.41) is 8.47. The zero-order valence-corrected chi connectivity index (χ0v) is 8.78. The Labute approximate surface area is 85.3 Å². The molecule has 0 N–H and O–H groups in total. The standard InChI is InChI=1S/C9H8INO/c1-7(6-11)12-9-4-2-8(10)3-5-9/h2-5,7H,1H3. The van der Waals surface area contributed by atoms with Gasteiger partial charge in [-0.1, -0.05) is 0 Å². The van der Waals surface area contributed by atoms with E-state index in [2.05, 4.69) is 22.6 Å². The topological polar surface area (TPSA) is 33.0 Å². The van der Waals surface area contributed by atoms with Crippen LogP contribution in [0.5, 0.6) is 5.75 Å². The van der Waals surface area contributed by atoms with E-state index in [9.17, 15) is 0 Å². The van der Waals surface area contributed by atoms with Gasteiger partial charge in [-0.25, -0.2) is 0 Å². The molecule has 1 unspecified atom stereocenters. The highest BCUT2D eigenvalue weighted by Crippen LogP contribution is 2.14. The van der Waals surface area contributed by atoms with Crippen molar-refractivity contribution in [3.8, 4) is 11.8 Å². The molecule has 0 heterocycles. The van der Waals surface area contributed by atoms with Crippen molar-refractivity contribution in [1.29, 1.82) is 5.26 Å². The summed E-state index contributed by atoms with van der Waals surface area (Å²) in [6, 6.07) is 9.61. The minimum absolute atomic E-state index is 0.384. The van der Waals surface area contributed by atoms with E-state index in [1.54, 1.807) is 6.92 Å². The third-order valence-electron chi connectivity index (χ3n) is 1.31. The molecule has 0 bridgehead atoms. The van der Waals surface area contributed by atoms with Crippen molar-refractivity contribution in [3.05, 3.63) is 27.8 Å². The van der Waals surface area contributed by atoms with E-state index in [-0.39, 0.29) is 6.10 Å². The van der Waals surface area contributed by atoms with Gasteiger partial charge in [0.05, 0.1) is 0 Å². The highest BCUT2D eigenvalue weighted by atomic mass is 127. The normalized spacial score (nSPS) is 11.8. The van der Waals surface area contributed by atoms with Crippen molar-refractivity contribution in [2.45, 2.75) is 13.0 Å². The molecule has 1 rings (SSSR count). The molecule has 1 atom stereocenters. The molecule has 0 saturated heterocycles. The van der Waals surface area contributed by atoms with E-state index in [1.807, 2.05) is 30.3 Å². The maximum atomic E-state index is 8.47. The largest absolute Gasteiger partial charge is 0.476 e. The molecule has 0 radical (unpaired) electrons. The molecule has 2 nitrogen and oxygen atoms in total. The van der Waals surface area contributed by atoms with Crippen LogP contribution in [0.15, 0.2) is 24.3 Å². The first kappa shape index (κ1) is 9.33. The maximum absolute atomic E-state index is 8.47. The van der Waals surface area contributed by atoms with Gasteiger partial charge in [-0.05, 0) is 53.8 Å². The van der Waals surface area contributed by atoms with Crippen LogP contribution in [0.1, 0.15) is 6.92 Å². The number of halogens is 1. The summed E-state index contributed by atoms with van der Waals surface area (Å²) in [6.45, 7) is 1.72. The Balaban J connectivity index is 2.66. The molecule has 1 aromatic carbocycles. The Morgan fingerprint density at radius 2 is 2.00 bits per heavy atom. The third kappa shape index (κ3) is 2.70. The van der Waals surface area contributed by atoms with Gasteiger partial charge in [0.15, 0.2) is 6.10 Å². The van der Waals surface area contributed by atoms with Gasteiger partial charge in [-0.3, -0.25) is 0 Å². The van der Waals surface area contributed by atoms with Crippen LogP contribution in [0.4, 0.5) is 0 Å². The average Bonchev–Trinajstić information content (AvgIpc) is 2.09. The van der Waals surface area contributed by atoms with Gasteiger partial charge in [-0.2, -0.15) is 5.26 Å². The van der Waals surface area contributed by atoms with Crippen LogP contribution < -0.4 is 4.74 Å². The predicted octanol–water partition coefficient (Wildman–Crippen LogP) is 2.58. The van der Waals surface area contributed by atoms with Gasteiger partial charge in [0.1, 0.15) is 11.8 Å². The summed E-state index contributed by atoms with van der Waals surface area (Å²) in [6.07, 6.45) is -0.384. The first-order chi connectivity index (χ1) is 5.72. The molecule has 3 heteroatoms. The van der Waals surface area contributed by atoms with Crippen molar-refractivity contribution < 1.29 is 4.74 Å². The second kappa shape index (κ2) is 4.31. The smallest absolute Gasteiger partial charge is 0.181 e. The number of hydrogen-bond acceptors (Lipinski definition) is 2. The highest BCUT2D eigenvalue weighted by molar-refractivity contribution is 14.1. The number of nitrogens with zero attached hydrogens (tertiary/aromatic N) is 1. The summed E-state index contributed by atoms with van der Waals surface area (Å²) in [5.41, 5.74) is 0. The van der Waals surface area contributed by atoms with Crippen molar-refractivity contribution in [3.63, 3.8) is 0 Å². The van der Waals surface area contributed by atoms with E-state index in [0.717, 1.165) is 9.32 Å². The van der Waals surface area contributed by atoms with E-state index in [0.29, 0.717) is 0 Å². The Bertz CT molecular complexity index is 288. The van der Waals surface area contributed by atoms with Crippen molar-refractivity contribution in [2.75, 3.05) is 0 Å². The lowest BCUT2D eigenvalue weighted by Gasteiger charge is -2.06. The first-order valence-electron chi connectivity index (χ1n) is 3.54. The zero-order chi connectivity index (χ0) is 8.97. The Morgan fingerprint density at radius 3 is 2.50 bits per heavy atom. The van der Waals surface area contributed by atoms with E-state index < -0.39 is 0 Å². The summed E-state index contributed by atoms with van der Waals surface area (Å²) in [7, 11) is 0. The highest BCUT2D eigenvalue weighted by Gasteiger charge is 1.99. The monoisotopic (exact) mass is 273 g/mol. The fraction of sp³-hybridized carbons (Fsp3) is 0.222. The lowest BCUT2D eigenvalue weighted by atomic mass is 10.3. The number of nitriles is 1. The number of ether oxygens (including phenoxy) is 1. The predicted molar refractivity (Wildman–Crippen MR) is 54.9 cm³/mol. The molecular weight excluding hydrogens is 265 g/mol. The lowest BCUT2D eigenvalue weighted by molar-refractivity contribution is 0.276. The van der Waals surface area contributed by atoms with Crippen LogP contribution in [0, 0.1) is 14.9 Å². The number of benzene rings is 1. The van der Waals surface area contributed by atoms with Gasteiger partial charge in [0, 0.05) is 3.57 Å². The zero-order valence-electron chi connectivity index (χ0n) is 6.62. The Morgan fingerprint density at radius 1 is 1.42 bits per heavy atom. The minimum Gasteiger partial charge on any atom is -0.476 e. The summed E-state index contributed by atoms with van der Waals surface area (Å²) in [5.74, 6) is 0.740. The van der Waals surface area contributed by atoms with Crippen molar-refractivity contribution in [1.82, 2.24) is 0 Å². The number of rotatable bonds is 2. The Kier molecular flexibility index (Phi) is 3.35. The van der Waals surface area contributed by atoms with Gasteiger partial charge < -0.3 is 4.74 Å². The van der Waals surface area contributed by atoms with Gasteiger partial charge in [0.25, 0.3) is 0 Å². The Hall–Kier alpha value is -0.760. The van der Waals surface area contributed by atoms with Crippen LogP contribution >= 0.6 is 22.6 Å². The van der Waals surface area contributed by atoms with Crippen molar-refractivity contribution >= 4 is 22.6 Å². The van der Waals surface area contributed by atoms with Crippen LogP contribution in [-0.4, -0.2) is 6.10 Å². The molecule has 0 aliphatic rings. The molecule has 12 heavy (non-hydrogen) atoms. The van der Waals surface area contributed by atoms with Gasteiger partial charge in [0.2, 0.25) is 0 Å². The second-order valence-corrected chi connectivity index (χ2v) is 3.59. The molecule has 0 aliphatic carbocycles. The van der Waals surface area contributed by atoms with Crippen LogP contribution in [-0.2, 0) is 0 Å². The molecule has 0 fully saturated rings. The molecule has 0 saturated carbocycles. The fourth-order valence-corrected chi connectivity index (χ4v) is 1.10. The van der Waals surface area contributed by atoms with Crippen LogP contribution in [0.25, 0.3) is 0 Å². The quantitative estimate of drug-likeness (QED) is 0.776. The van der Waals surface area contributed by atoms with E-state index >= 15 is 0 Å². The average molecular weight is 273 g/mol. The maximum Gasteiger partial charge on any atom is 0.181 e. The van der Waals surface area contributed by atoms with Gasteiger partial charge in [-0.15, -0.1) is 0 Å². The minimum atomic E-state index is -0.384. The van der Waals surface area contributed by atoms with E-state index in [1.165, 1.54) is 0 Å². The van der Waals surface area contributed by atoms with Crippen LogP contribution in [0.2, 0.25) is 0 Å². The van der Waals surface area contributed by atoms with Crippen LogP contribution in [0.3, 0.4) is 0 Å². The molecule has 0 amide bonds. The molecular formula is C9H8INO. The summed E-state index contributed by atoms with van der Waals surface area (Å²) < 4.78 is 6.41. The molecule has 0 spiro atoms. The van der Waals surface area contributed by atoms with E-state index in [4.69, 9.17) is 10.00 Å². The number of hydrogen-bond donors (Lipinski definition) is 0. The second-order valence-electron chi connectivity index (χ2n) is 2.34. The summed E-state index contributed by atoms with van der Waals surface area (Å²) in [4.78, 5) is 0. The molecule has 1 aromatic rings. The SMILES string of the molecule is CC(C#N)Oc1ccc(I)cc1. The van der Waals surface area contributed by atoms with Crippen molar-refractivity contribution in [2.24, 2.45) is 0 Å². The molecule has 0 aliphatic heterocycles. The first-order valence-corrected chi connectivity index (χ1v) is 4.62.